The molecule has 2 rings (SSSR count). The minimum Gasteiger partial charge on any atom is -0.377 e. The topological polar surface area (TPSA) is 21.3 Å². The van der Waals surface area contributed by atoms with Gasteiger partial charge >= 0.3 is 0 Å². The van der Waals surface area contributed by atoms with Crippen molar-refractivity contribution in [2.24, 2.45) is 5.92 Å². The lowest BCUT2D eigenvalue weighted by molar-refractivity contribution is -0.0954. The second kappa shape index (κ2) is 2.76. The molecule has 1 spiro atoms. The summed E-state index contributed by atoms with van der Waals surface area (Å²) in [6, 6.07) is 0. The minimum atomic E-state index is 0.402. The van der Waals surface area contributed by atoms with E-state index < -0.39 is 0 Å². The molecule has 2 nitrogen and oxygen atoms in total. The van der Waals surface area contributed by atoms with E-state index in [0.29, 0.717) is 5.54 Å². The van der Waals surface area contributed by atoms with Gasteiger partial charge in [-0.1, -0.05) is 13.3 Å². The molecule has 64 valence electrons. The molecule has 0 aromatic carbocycles. The first-order chi connectivity index (χ1) is 5.35. The largest absolute Gasteiger partial charge is 0.377 e. The Morgan fingerprint density at radius 1 is 1.55 bits per heavy atom. The van der Waals surface area contributed by atoms with E-state index in [0.717, 1.165) is 19.1 Å². The number of hydrogen-bond donors (Lipinski definition) is 1. The summed E-state index contributed by atoms with van der Waals surface area (Å²) in [6.07, 6.45) is 4.03. The fraction of sp³-hybridized carbons (Fsp3) is 1.00. The molecule has 0 amide bonds. The summed E-state index contributed by atoms with van der Waals surface area (Å²) >= 11 is 0. The summed E-state index contributed by atoms with van der Waals surface area (Å²) in [5.41, 5.74) is 0.402. The molecule has 0 bridgehead atoms. The number of piperidine rings is 1. The summed E-state index contributed by atoms with van der Waals surface area (Å²) in [5.74, 6) is 0.945. The lowest BCUT2D eigenvalue weighted by atomic mass is 9.79. The van der Waals surface area contributed by atoms with Gasteiger partial charge in [-0.2, -0.15) is 0 Å². The van der Waals surface area contributed by atoms with Gasteiger partial charge in [-0.05, 0) is 25.3 Å². The van der Waals surface area contributed by atoms with Crippen LogP contribution in [0.2, 0.25) is 0 Å². The normalized spacial score (nSPS) is 35.2. The molecule has 2 fully saturated rings. The van der Waals surface area contributed by atoms with Crippen LogP contribution in [-0.4, -0.2) is 25.3 Å². The van der Waals surface area contributed by atoms with E-state index in [-0.39, 0.29) is 0 Å². The highest BCUT2D eigenvalue weighted by Crippen LogP contribution is 2.31. The van der Waals surface area contributed by atoms with Crippen LogP contribution in [0.5, 0.6) is 0 Å². The van der Waals surface area contributed by atoms with Crippen LogP contribution in [0.15, 0.2) is 0 Å². The average molecular weight is 155 g/mol. The number of nitrogens with one attached hydrogen (secondary N) is 1. The molecule has 1 unspecified atom stereocenters. The summed E-state index contributed by atoms with van der Waals surface area (Å²) in [4.78, 5) is 0. The molecule has 0 aliphatic carbocycles. The van der Waals surface area contributed by atoms with Gasteiger partial charge in [0.2, 0.25) is 0 Å². The Morgan fingerprint density at radius 2 is 2.36 bits per heavy atom. The van der Waals surface area contributed by atoms with Crippen LogP contribution in [0.4, 0.5) is 0 Å². The van der Waals surface area contributed by atoms with Crippen LogP contribution in [-0.2, 0) is 4.74 Å². The van der Waals surface area contributed by atoms with Crippen LogP contribution in [0.25, 0.3) is 0 Å². The molecule has 0 radical (unpaired) electrons. The predicted molar refractivity (Wildman–Crippen MR) is 44.6 cm³/mol. The van der Waals surface area contributed by atoms with E-state index in [1.54, 1.807) is 0 Å². The van der Waals surface area contributed by atoms with Gasteiger partial charge in [0.1, 0.15) is 0 Å². The fourth-order valence-electron chi connectivity index (χ4n) is 2.19. The predicted octanol–water partition coefficient (Wildman–Crippen LogP) is 1.17. The van der Waals surface area contributed by atoms with Crippen LogP contribution >= 0.6 is 0 Å². The Balaban J connectivity index is 1.92. The van der Waals surface area contributed by atoms with Crippen LogP contribution in [0, 0.1) is 5.92 Å². The van der Waals surface area contributed by atoms with Gasteiger partial charge in [-0.15, -0.1) is 0 Å². The van der Waals surface area contributed by atoms with Gasteiger partial charge in [-0.3, -0.25) is 0 Å². The number of hydrogen-bond acceptors (Lipinski definition) is 2. The Kier molecular flexibility index (Phi) is 1.90. The fourth-order valence-corrected chi connectivity index (χ4v) is 2.19. The van der Waals surface area contributed by atoms with Gasteiger partial charge in [0.15, 0.2) is 0 Å². The highest BCUT2D eigenvalue weighted by Gasteiger charge is 2.41. The van der Waals surface area contributed by atoms with Crippen molar-refractivity contribution in [3.05, 3.63) is 0 Å². The van der Waals surface area contributed by atoms with Gasteiger partial charge in [0.05, 0.1) is 18.8 Å². The van der Waals surface area contributed by atoms with E-state index in [2.05, 4.69) is 12.2 Å². The summed E-state index contributed by atoms with van der Waals surface area (Å²) in [7, 11) is 0. The van der Waals surface area contributed by atoms with Gasteiger partial charge in [-0.25, -0.2) is 0 Å². The SMILES string of the molecule is CCC1CCNC2(COC2)C1. The van der Waals surface area contributed by atoms with Crippen molar-refractivity contribution in [1.82, 2.24) is 5.32 Å². The zero-order chi connectivity index (χ0) is 7.73. The average Bonchev–Trinajstić information content (AvgIpc) is 2.02. The molecule has 2 aliphatic heterocycles. The van der Waals surface area contributed by atoms with E-state index in [1.165, 1.54) is 25.8 Å². The summed E-state index contributed by atoms with van der Waals surface area (Å²) < 4.78 is 5.25. The van der Waals surface area contributed by atoms with Crippen molar-refractivity contribution in [3.8, 4) is 0 Å². The first kappa shape index (κ1) is 7.56. The minimum absolute atomic E-state index is 0.402. The van der Waals surface area contributed by atoms with E-state index >= 15 is 0 Å². The lowest BCUT2D eigenvalue weighted by Gasteiger charge is -2.47. The number of ether oxygens (including phenoxy) is 1. The van der Waals surface area contributed by atoms with Crippen LogP contribution in [0.1, 0.15) is 26.2 Å². The van der Waals surface area contributed by atoms with Crippen molar-refractivity contribution in [1.29, 1.82) is 0 Å². The Hall–Kier alpha value is -0.0800. The molecule has 1 N–H and O–H groups in total. The Morgan fingerprint density at radius 3 is 2.91 bits per heavy atom. The zero-order valence-electron chi connectivity index (χ0n) is 7.23. The smallest absolute Gasteiger partial charge is 0.0672 e. The van der Waals surface area contributed by atoms with Crippen molar-refractivity contribution in [2.45, 2.75) is 31.7 Å². The molecule has 0 aromatic rings. The van der Waals surface area contributed by atoms with Crippen molar-refractivity contribution < 1.29 is 4.74 Å². The summed E-state index contributed by atoms with van der Waals surface area (Å²) in [6.45, 7) is 5.39. The molecule has 2 heteroatoms. The third-order valence-corrected chi connectivity index (χ3v) is 3.07. The molecular formula is C9H17NO. The molecule has 2 saturated heterocycles. The maximum absolute atomic E-state index is 5.25. The molecule has 0 aromatic heterocycles. The van der Waals surface area contributed by atoms with Crippen molar-refractivity contribution in [2.75, 3.05) is 19.8 Å². The monoisotopic (exact) mass is 155 g/mol. The summed E-state index contributed by atoms with van der Waals surface area (Å²) in [5, 5.41) is 3.57. The second-order valence-electron chi connectivity index (χ2n) is 3.97. The third-order valence-electron chi connectivity index (χ3n) is 3.07. The lowest BCUT2D eigenvalue weighted by Crippen LogP contribution is -2.63. The molecule has 0 saturated carbocycles. The number of rotatable bonds is 1. The van der Waals surface area contributed by atoms with Crippen LogP contribution in [0.3, 0.4) is 0 Å². The third kappa shape index (κ3) is 1.30. The quantitative estimate of drug-likeness (QED) is 0.613. The van der Waals surface area contributed by atoms with Gasteiger partial charge in [0.25, 0.3) is 0 Å². The van der Waals surface area contributed by atoms with Crippen molar-refractivity contribution >= 4 is 0 Å². The molecule has 2 aliphatic rings. The van der Waals surface area contributed by atoms with Gasteiger partial charge in [0, 0.05) is 0 Å². The first-order valence-corrected chi connectivity index (χ1v) is 4.67. The molecule has 11 heavy (non-hydrogen) atoms. The highest BCUT2D eigenvalue weighted by molar-refractivity contribution is 4.98. The van der Waals surface area contributed by atoms with Crippen LogP contribution < -0.4 is 5.32 Å². The maximum Gasteiger partial charge on any atom is 0.0672 e. The molecule has 1 atom stereocenters. The molecule has 2 heterocycles. The zero-order valence-corrected chi connectivity index (χ0v) is 7.23. The highest BCUT2D eigenvalue weighted by atomic mass is 16.5. The van der Waals surface area contributed by atoms with E-state index in [1.807, 2.05) is 0 Å². The molecular weight excluding hydrogens is 138 g/mol. The first-order valence-electron chi connectivity index (χ1n) is 4.67. The van der Waals surface area contributed by atoms with Crippen molar-refractivity contribution in [3.63, 3.8) is 0 Å². The standard InChI is InChI=1S/C9H17NO/c1-2-8-3-4-10-9(5-8)6-11-7-9/h8,10H,2-7H2,1H3. The second-order valence-corrected chi connectivity index (χ2v) is 3.97. The van der Waals surface area contributed by atoms with E-state index in [9.17, 15) is 0 Å². The Bertz CT molecular complexity index is 142. The van der Waals surface area contributed by atoms with Gasteiger partial charge < -0.3 is 10.1 Å². The van der Waals surface area contributed by atoms with E-state index in [4.69, 9.17) is 4.74 Å². The maximum atomic E-state index is 5.25. The Labute approximate surface area is 68.3 Å².